The average molecular weight is 995 g/mol. The number of aliphatic hydroxyl groups excluding tert-OH is 2. The van der Waals surface area contributed by atoms with Gasteiger partial charge in [0.2, 0.25) is 5.91 Å². The molecule has 0 aromatic rings. The highest BCUT2D eigenvalue weighted by atomic mass is 16.5. The van der Waals surface area contributed by atoms with Gasteiger partial charge in [-0.25, -0.2) is 0 Å². The van der Waals surface area contributed by atoms with Gasteiger partial charge >= 0.3 is 5.97 Å². The second-order valence-electron chi connectivity index (χ2n) is 21.0. The van der Waals surface area contributed by atoms with E-state index in [1.165, 1.54) is 218 Å². The number of nitrogens with one attached hydrogen (secondary N) is 1. The lowest BCUT2D eigenvalue weighted by Gasteiger charge is -2.20. The summed E-state index contributed by atoms with van der Waals surface area (Å²) in [6.45, 7) is 4.87. The topological polar surface area (TPSA) is 95.9 Å². The first kappa shape index (κ1) is 68.6. The number of ether oxygens (including phenoxy) is 1. The SMILES string of the molecule is CCCCCC/C=C\C/C=C\CCCCCCCCCC(=O)OCCCCCCCCCCC/C=C\C/C=C\CCCCCCCCCC(=O)NC(CO)C(O)/C=C/CCCCCCCCCCCCC. The van der Waals surface area contributed by atoms with Crippen molar-refractivity contribution in [1.82, 2.24) is 5.32 Å². The third kappa shape index (κ3) is 56.7. The monoisotopic (exact) mass is 994 g/mol. The van der Waals surface area contributed by atoms with Gasteiger partial charge in [0.15, 0.2) is 0 Å². The van der Waals surface area contributed by atoms with Gasteiger partial charge in [-0.15, -0.1) is 0 Å². The van der Waals surface area contributed by atoms with Crippen molar-refractivity contribution in [2.45, 2.75) is 328 Å². The number of carbonyl (C=O) groups is 2. The van der Waals surface area contributed by atoms with Gasteiger partial charge in [0.25, 0.3) is 0 Å². The molecule has 0 saturated carbocycles. The van der Waals surface area contributed by atoms with Crippen LogP contribution in [0.5, 0.6) is 0 Å². The average Bonchev–Trinajstić information content (AvgIpc) is 3.37. The van der Waals surface area contributed by atoms with Crippen LogP contribution in [-0.4, -0.2) is 47.4 Å². The summed E-state index contributed by atoms with van der Waals surface area (Å²) < 4.78 is 5.49. The van der Waals surface area contributed by atoms with Gasteiger partial charge in [0.05, 0.1) is 25.4 Å². The van der Waals surface area contributed by atoms with Crippen molar-refractivity contribution in [1.29, 1.82) is 0 Å². The Kier molecular flexibility index (Phi) is 58.1. The highest BCUT2D eigenvalue weighted by Crippen LogP contribution is 2.16. The fourth-order valence-electron chi connectivity index (χ4n) is 9.22. The smallest absolute Gasteiger partial charge is 0.305 e. The van der Waals surface area contributed by atoms with Crippen molar-refractivity contribution < 1.29 is 24.5 Å². The minimum Gasteiger partial charge on any atom is -0.466 e. The summed E-state index contributed by atoms with van der Waals surface area (Å²) in [6.07, 6.45) is 78.3. The number of esters is 1. The highest BCUT2D eigenvalue weighted by molar-refractivity contribution is 5.76. The molecule has 0 spiro atoms. The van der Waals surface area contributed by atoms with Crippen LogP contribution in [-0.2, 0) is 14.3 Å². The molecule has 0 saturated heterocycles. The molecule has 0 aliphatic carbocycles. The normalized spacial score (nSPS) is 13.0. The van der Waals surface area contributed by atoms with Gasteiger partial charge in [-0.1, -0.05) is 267 Å². The summed E-state index contributed by atoms with van der Waals surface area (Å²) in [5.74, 6) is -0.0808. The van der Waals surface area contributed by atoms with Crippen LogP contribution in [0, 0.1) is 0 Å². The number of unbranched alkanes of at least 4 members (excludes halogenated alkanes) is 38. The van der Waals surface area contributed by atoms with Crippen LogP contribution in [0.1, 0.15) is 316 Å². The maximum absolute atomic E-state index is 12.4. The number of hydrogen-bond donors (Lipinski definition) is 3. The van der Waals surface area contributed by atoms with Crippen LogP contribution >= 0.6 is 0 Å². The fourth-order valence-corrected chi connectivity index (χ4v) is 9.22. The molecule has 6 heteroatoms. The molecule has 0 radical (unpaired) electrons. The number of carbonyl (C=O) groups excluding carboxylic acids is 2. The predicted molar refractivity (Wildman–Crippen MR) is 310 cm³/mol. The molecular formula is C65H119NO5. The van der Waals surface area contributed by atoms with E-state index < -0.39 is 12.1 Å². The van der Waals surface area contributed by atoms with E-state index in [0.717, 1.165) is 70.6 Å². The zero-order valence-electron chi connectivity index (χ0n) is 47.2. The van der Waals surface area contributed by atoms with E-state index in [1.54, 1.807) is 6.08 Å². The molecule has 6 nitrogen and oxygen atoms in total. The minimum absolute atomic E-state index is 0.00144. The second kappa shape index (κ2) is 60.1. The van der Waals surface area contributed by atoms with Crippen LogP contribution in [0.3, 0.4) is 0 Å². The lowest BCUT2D eigenvalue weighted by molar-refractivity contribution is -0.143. The fraction of sp³-hybridized carbons (Fsp3) is 0.815. The first-order chi connectivity index (χ1) is 35.0. The molecule has 71 heavy (non-hydrogen) atoms. The van der Waals surface area contributed by atoms with Gasteiger partial charge in [-0.3, -0.25) is 9.59 Å². The van der Waals surface area contributed by atoms with E-state index in [9.17, 15) is 19.8 Å². The molecular weight excluding hydrogens is 875 g/mol. The Hall–Kier alpha value is -2.44. The Labute approximate surface area is 441 Å². The zero-order chi connectivity index (χ0) is 51.4. The standard InChI is InChI=1S/C65H119NO5/c1-3-5-7-9-11-13-15-17-18-19-28-31-35-39-43-47-51-55-59-65(70)71-60-56-52-48-44-40-36-32-29-26-24-22-20-21-23-25-27-30-34-38-42-46-50-54-58-64(69)66-62(61-67)63(68)57-53-49-45-41-37-33-16-14-12-10-8-6-4-2/h13,15,18-20,22-23,25,53,57,62-63,67-68H,3-12,14,16-17,21,24,26-52,54-56,58-61H2,1-2H3,(H,66,69)/b15-13-,19-18-,22-20-,25-23-,57-53+. The van der Waals surface area contributed by atoms with Gasteiger partial charge in [0, 0.05) is 12.8 Å². The van der Waals surface area contributed by atoms with E-state index in [0.29, 0.717) is 19.4 Å². The van der Waals surface area contributed by atoms with Crippen molar-refractivity contribution in [3.63, 3.8) is 0 Å². The van der Waals surface area contributed by atoms with Crippen LogP contribution in [0.4, 0.5) is 0 Å². The van der Waals surface area contributed by atoms with Crippen molar-refractivity contribution in [2.75, 3.05) is 13.2 Å². The van der Waals surface area contributed by atoms with Crippen LogP contribution < -0.4 is 5.32 Å². The molecule has 0 heterocycles. The lowest BCUT2D eigenvalue weighted by atomic mass is 10.0. The summed E-state index contributed by atoms with van der Waals surface area (Å²) in [4.78, 5) is 24.5. The Morgan fingerprint density at radius 3 is 1.08 bits per heavy atom. The highest BCUT2D eigenvalue weighted by Gasteiger charge is 2.18. The summed E-state index contributed by atoms with van der Waals surface area (Å²) in [5.41, 5.74) is 0. The quantitative estimate of drug-likeness (QED) is 0.0321. The zero-order valence-corrected chi connectivity index (χ0v) is 47.2. The lowest BCUT2D eigenvalue weighted by Crippen LogP contribution is -2.45. The summed E-state index contributed by atoms with van der Waals surface area (Å²) >= 11 is 0. The van der Waals surface area contributed by atoms with E-state index >= 15 is 0 Å². The largest absolute Gasteiger partial charge is 0.466 e. The molecule has 1 amide bonds. The second-order valence-corrected chi connectivity index (χ2v) is 21.0. The first-order valence-electron chi connectivity index (χ1n) is 31.1. The molecule has 3 N–H and O–H groups in total. The van der Waals surface area contributed by atoms with E-state index in [1.807, 2.05) is 6.08 Å². The molecule has 0 aromatic heterocycles. The van der Waals surface area contributed by atoms with E-state index in [2.05, 4.69) is 67.8 Å². The Bertz CT molecular complexity index is 1240. The van der Waals surface area contributed by atoms with Crippen molar-refractivity contribution >= 4 is 11.9 Å². The Morgan fingerprint density at radius 1 is 0.394 bits per heavy atom. The molecule has 2 atom stereocenters. The molecule has 0 aliphatic heterocycles. The molecule has 0 fully saturated rings. The molecule has 0 aromatic carbocycles. The minimum atomic E-state index is -0.851. The van der Waals surface area contributed by atoms with Crippen LogP contribution in [0.2, 0.25) is 0 Å². The molecule has 0 bridgehead atoms. The van der Waals surface area contributed by atoms with Gasteiger partial charge < -0.3 is 20.3 Å². The van der Waals surface area contributed by atoms with Gasteiger partial charge in [-0.05, 0) is 96.3 Å². The molecule has 414 valence electrons. The first-order valence-corrected chi connectivity index (χ1v) is 31.1. The summed E-state index contributed by atoms with van der Waals surface area (Å²) in [6, 6.07) is -0.636. The maximum Gasteiger partial charge on any atom is 0.305 e. The summed E-state index contributed by atoms with van der Waals surface area (Å²) in [7, 11) is 0. The molecule has 0 aliphatic rings. The van der Waals surface area contributed by atoms with Crippen molar-refractivity contribution in [2.24, 2.45) is 0 Å². The van der Waals surface area contributed by atoms with Gasteiger partial charge in [0.1, 0.15) is 0 Å². The number of aliphatic hydroxyl groups is 2. The van der Waals surface area contributed by atoms with Crippen LogP contribution in [0.25, 0.3) is 0 Å². The third-order valence-electron chi connectivity index (χ3n) is 14.0. The number of amides is 1. The van der Waals surface area contributed by atoms with E-state index in [-0.39, 0.29) is 18.5 Å². The van der Waals surface area contributed by atoms with Gasteiger partial charge in [-0.2, -0.15) is 0 Å². The van der Waals surface area contributed by atoms with Crippen molar-refractivity contribution in [3.8, 4) is 0 Å². The van der Waals surface area contributed by atoms with Crippen molar-refractivity contribution in [3.05, 3.63) is 60.8 Å². The number of allylic oxidation sites excluding steroid dienone is 9. The molecule has 2 unspecified atom stereocenters. The number of rotatable bonds is 57. The Morgan fingerprint density at radius 2 is 0.704 bits per heavy atom. The van der Waals surface area contributed by atoms with Crippen LogP contribution in [0.15, 0.2) is 60.8 Å². The summed E-state index contributed by atoms with van der Waals surface area (Å²) in [5, 5.41) is 23.1. The Balaban J connectivity index is 3.46. The maximum atomic E-state index is 12.4. The third-order valence-corrected chi connectivity index (χ3v) is 14.0. The predicted octanol–water partition coefficient (Wildman–Crippen LogP) is 19.5. The number of hydrogen-bond acceptors (Lipinski definition) is 5. The van der Waals surface area contributed by atoms with E-state index in [4.69, 9.17) is 4.74 Å². The molecule has 0 rings (SSSR count).